The molecule has 1 fully saturated rings. The largest absolute Gasteiger partial charge is 1.00 e. The number of ether oxygens (including phenoxy) is 1. The monoisotopic (exact) mass is 223 g/mol. The van der Waals surface area contributed by atoms with Gasteiger partial charge in [0, 0.05) is 13.2 Å². The normalized spacial score (nSPS) is 13.8. The number of hydrogen-bond acceptors (Lipinski definition) is 1. The maximum Gasteiger partial charge on any atom is 1.00 e. The van der Waals surface area contributed by atoms with E-state index in [0.29, 0.717) is 0 Å². The fourth-order valence-electron chi connectivity index (χ4n) is 1.64. The number of rotatable bonds is 0. The van der Waals surface area contributed by atoms with Gasteiger partial charge >= 0.3 is 29.6 Å². The molecule has 0 unspecified atom stereocenters. The topological polar surface area (TPSA) is 9.23 Å². The van der Waals surface area contributed by atoms with Gasteiger partial charge < -0.3 is 4.74 Å². The summed E-state index contributed by atoms with van der Waals surface area (Å²) < 4.78 is 4.94. The molecule has 0 radical (unpaired) electrons. The van der Waals surface area contributed by atoms with Crippen LogP contribution in [0.5, 0.6) is 0 Å². The second-order valence-corrected chi connectivity index (χ2v) is 3.67. The summed E-state index contributed by atoms with van der Waals surface area (Å²) in [5, 5.41) is 2.62. The van der Waals surface area contributed by atoms with Crippen LogP contribution in [0.1, 0.15) is 12.8 Å². The summed E-state index contributed by atoms with van der Waals surface area (Å²) in [6, 6.07) is 16.7. The van der Waals surface area contributed by atoms with E-state index in [1.807, 2.05) is 0 Å². The predicted octanol–water partition coefficient (Wildman–Crippen LogP) is 0.641. The van der Waals surface area contributed by atoms with Crippen molar-refractivity contribution in [3.05, 3.63) is 48.5 Å². The second-order valence-electron chi connectivity index (χ2n) is 3.67. The van der Waals surface area contributed by atoms with Crippen LogP contribution in [0.4, 0.5) is 0 Å². The Morgan fingerprint density at radius 2 is 1.06 bits per heavy atom. The fourth-order valence-corrected chi connectivity index (χ4v) is 1.64. The molecule has 1 saturated heterocycles. The van der Waals surface area contributed by atoms with E-state index >= 15 is 0 Å². The Bertz CT molecular complexity index is 337. The molecule has 16 heavy (non-hydrogen) atoms. The minimum Gasteiger partial charge on any atom is -0.381 e. The Labute approximate surface area is 119 Å². The molecular formula is C14H16NaO+. The minimum absolute atomic E-state index is 0. The Morgan fingerprint density at radius 3 is 1.31 bits per heavy atom. The van der Waals surface area contributed by atoms with Crippen LogP contribution >= 0.6 is 0 Å². The van der Waals surface area contributed by atoms with Crippen molar-refractivity contribution < 1.29 is 34.3 Å². The van der Waals surface area contributed by atoms with Crippen molar-refractivity contribution in [2.75, 3.05) is 13.2 Å². The van der Waals surface area contributed by atoms with E-state index in [9.17, 15) is 0 Å². The molecule has 3 rings (SSSR count). The third-order valence-electron chi connectivity index (χ3n) is 2.49. The van der Waals surface area contributed by atoms with Crippen molar-refractivity contribution in [2.24, 2.45) is 0 Å². The zero-order chi connectivity index (χ0) is 10.3. The molecule has 1 heterocycles. The van der Waals surface area contributed by atoms with Gasteiger partial charge in [0.25, 0.3) is 0 Å². The van der Waals surface area contributed by atoms with E-state index in [2.05, 4.69) is 48.5 Å². The van der Waals surface area contributed by atoms with E-state index in [1.54, 1.807) is 0 Å². The fraction of sp³-hybridized carbons (Fsp3) is 0.286. The standard InChI is InChI=1S/C10H8.C4H8O.Na/c1-2-6-10-8-4-3-7-9(10)5-1;1-2-4-5-3-1;/h1-8H;1-4H2;/q;;+1. The van der Waals surface area contributed by atoms with Crippen LogP contribution in [0.2, 0.25) is 0 Å². The van der Waals surface area contributed by atoms with Crippen molar-refractivity contribution in [3.63, 3.8) is 0 Å². The molecule has 0 N–H and O–H groups in total. The third kappa shape index (κ3) is 4.26. The molecule has 0 saturated carbocycles. The quantitative estimate of drug-likeness (QED) is 0.596. The molecule has 1 aliphatic heterocycles. The first kappa shape index (κ1) is 13.7. The molecular weight excluding hydrogens is 207 g/mol. The van der Waals surface area contributed by atoms with Crippen LogP contribution in [0.25, 0.3) is 10.8 Å². The maximum absolute atomic E-state index is 4.94. The van der Waals surface area contributed by atoms with Gasteiger partial charge in [0.2, 0.25) is 0 Å². The van der Waals surface area contributed by atoms with Gasteiger partial charge in [-0.3, -0.25) is 0 Å². The Morgan fingerprint density at radius 1 is 0.688 bits per heavy atom. The summed E-state index contributed by atoms with van der Waals surface area (Å²) in [5.41, 5.74) is 0. The predicted molar refractivity (Wildman–Crippen MR) is 64.0 cm³/mol. The first-order valence-corrected chi connectivity index (χ1v) is 5.48. The first-order chi connectivity index (χ1) is 7.47. The Kier molecular flexibility index (Phi) is 6.74. The third-order valence-corrected chi connectivity index (χ3v) is 2.49. The maximum atomic E-state index is 4.94. The van der Waals surface area contributed by atoms with E-state index in [-0.39, 0.29) is 29.6 Å². The van der Waals surface area contributed by atoms with Crippen LogP contribution in [0.3, 0.4) is 0 Å². The van der Waals surface area contributed by atoms with E-state index in [4.69, 9.17) is 4.74 Å². The molecule has 2 heteroatoms. The molecule has 1 aliphatic rings. The van der Waals surface area contributed by atoms with Gasteiger partial charge in [0.15, 0.2) is 0 Å². The molecule has 0 aliphatic carbocycles. The SMILES string of the molecule is C1CCOC1.[Na+].c1ccc2ccccc2c1. The summed E-state index contributed by atoms with van der Waals surface area (Å²) in [6.07, 6.45) is 2.56. The zero-order valence-corrected chi connectivity index (χ0v) is 11.9. The minimum atomic E-state index is 0. The number of hydrogen-bond donors (Lipinski definition) is 0. The summed E-state index contributed by atoms with van der Waals surface area (Å²) in [5.74, 6) is 0. The van der Waals surface area contributed by atoms with Crippen molar-refractivity contribution >= 4 is 10.8 Å². The second kappa shape index (κ2) is 7.86. The molecule has 2 aromatic carbocycles. The van der Waals surface area contributed by atoms with Gasteiger partial charge in [-0.25, -0.2) is 0 Å². The van der Waals surface area contributed by atoms with Crippen LogP contribution in [-0.2, 0) is 4.74 Å². The molecule has 0 bridgehead atoms. The van der Waals surface area contributed by atoms with Gasteiger partial charge in [-0.05, 0) is 23.6 Å². The average molecular weight is 223 g/mol. The Balaban J connectivity index is 0.000000183. The van der Waals surface area contributed by atoms with Crippen LogP contribution in [0, 0.1) is 0 Å². The van der Waals surface area contributed by atoms with Gasteiger partial charge in [-0.15, -0.1) is 0 Å². The van der Waals surface area contributed by atoms with E-state index in [0.717, 1.165) is 13.2 Å². The van der Waals surface area contributed by atoms with Crippen LogP contribution in [0.15, 0.2) is 48.5 Å². The number of benzene rings is 2. The van der Waals surface area contributed by atoms with Crippen molar-refractivity contribution in [1.29, 1.82) is 0 Å². The first-order valence-electron chi connectivity index (χ1n) is 5.48. The van der Waals surface area contributed by atoms with Crippen molar-refractivity contribution in [1.82, 2.24) is 0 Å². The molecule has 0 spiro atoms. The Hall–Kier alpha value is -0.340. The molecule has 0 amide bonds. The molecule has 1 nitrogen and oxygen atoms in total. The summed E-state index contributed by atoms with van der Waals surface area (Å²) in [4.78, 5) is 0. The summed E-state index contributed by atoms with van der Waals surface area (Å²) in [6.45, 7) is 2.00. The molecule has 78 valence electrons. The van der Waals surface area contributed by atoms with Crippen LogP contribution < -0.4 is 29.6 Å². The van der Waals surface area contributed by atoms with Gasteiger partial charge in [0.05, 0.1) is 0 Å². The molecule has 0 atom stereocenters. The van der Waals surface area contributed by atoms with Crippen molar-refractivity contribution in [2.45, 2.75) is 12.8 Å². The molecule has 0 aromatic heterocycles. The van der Waals surface area contributed by atoms with Gasteiger partial charge in [-0.2, -0.15) is 0 Å². The van der Waals surface area contributed by atoms with E-state index < -0.39 is 0 Å². The van der Waals surface area contributed by atoms with Crippen LogP contribution in [-0.4, -0.2) is 13.2 Å². The van der Waals surface area contributed by atoms with E-state index in [1.165, 1.54) is 23.6 Å². The summed E-state index contributed by atoms with van der Waals surface area (Å²) >= 11 is 0. The zero-order valence-electron chi connectivity index (χ0n) is 9.86. The number of fused-ring (bicyclic) bond motifs is 1. The van der Waals surface area contributed by atoms with Gasteiger partial charge in [-0.1, -0.05) is 48.5 Å². The van der Waals surface area contributed by atoms with Crippen molar-refractivity contribution in [3.8, 4) is 0 Å². The van der Waals surface area contributed by atoms with Gasteiger partial charge in [0.1, 0.15) is 0 Å². The summed E-state index contributed by atoms with van der Waals surface area (Å²) in [7, 11) is 0. The smallest absolute Gasteiger partial charge is 0.381 e. The molecule has 2 aromatic rings. The average Bonchev–Trinajstić information content (AvgIpc) is 2.88.